The van der Waals surface area contributed by atoms with Gasteiger partial charge in [0, 0.05) is 6.54 Å². The first-order valence-electron chi connectivity index (χ1n) is 7.41. The summed E-state index contributed by atoms with van der Waals surface area (Å²) in [5.74, 6) is 0. The average molecular weight is 291 g/mol. The molecule has 0 atom stereocenters. The maximum Gasteiger partial charge on any atom is 0.329 e. The fourth-order valence-electron chi connectivity index (χ4n) is 2.73. The number of hydrogen-bond acceptors (Lipinski definition) is 2. The van der Waals surface area contributed by atoms with Gasteiger partial charge in [-0.15, -0.1) is 0 Å². The number of aryl methyl sites for hydroxylation is 1. The Hall–Kier alpha value is -2.80. The highest BCUT2D eigenvalue weighted by Crippen LogP contribution is 2.15. The molecule has 4 nitrogen and oxygen atoms in total. The van der Waals surface area contributed by atoms with Gasteiger partial charge in [-0.3, -0.25) is 9.13 Å². The van der Waals surface area contributed by atoms with Crippen LogP contribution in [-0.4, -0.2) is 9.13 Å². The van der Waals surface area contributed by atoms with Gasteiger partial charge in [0.15, 0.2) is 0 Å². The minimum atomic E-state index is 0.0207. The minimum Gasteiger partial charge on any atom is -0.292 e. The number of hydrogen-bond donors (Lipinski definition) is 0. The first kappa shape index (κ1) is 14.2. The van der Waals surface area contributed by atoms with Crippen molar-refractivity contribution in [3.8, 4) is 6.07 Å². The standard InChI is InChI=1S/C18H17N3O/c1-2-11-20-16-5-3-4-6-17(16)21(18(20)22)13-15-9-7-14(12-19)8-10-15/h3-10H,2,11,13H2,1H3. The number of benzene rings is 2. The molecule has 0 aliphatic heterocycles. The Balaban J connectivity index is 2.08. The van der Waals surface area contributed by atoms with E-state index in [1.54, 1.807) is 16.7 Å². The van der Waals surface area contributed by atoms with E-state index in [9.17, 15) is 4.79 Å². The number of nitriles is 1. The highest BCUT2D eigenvalue weighted by Gasteiger charge is 2.12. The number of nitrogens with zero attached hydrogens (tertiary/aromatic N) is 3. The molecule has 0 aliphatic carbocycles. The molecule has 0 spiro atoms. The van der Waals surface area contributed by atoms with Gasteiger partial charge in [-0.25, -0.2) is 4.79 Å². The second-order valence-corrected chi connectivity index (χ2v) is 5.32. The predicted molar refractivity (Wildman–Crippen MR) is 86.7 cm³/mol. The molecule has 0 radical (unpaired) electrons. The number of fused-ring (bicyclic) bond motifs is 1. The van der Waals surface area contributed by atoms with Crippen LogP contribution in [0.3, 0.4) is 0 Å². The highest BCUT2D eigenvalue weighted by atomic mass is 16.1. The zero-order valence-electron chi connectivity index (χ0n) is 12.5. The summed E-state index contributed by atoms with van der Waals surface area (Å²) in [5.41, 5.74) is 3.59. The van der Waals surface area contributed by atoms with Crippen LogP contribution in [0.15, 0.2) is 53.3 Å². The van der Waals surface area contributed by atoms with Gasteiger partial charge >= 0.3 is 5.69 Å². The van der Waals surface area contributed by atoms with Gasteiger partial charge in [0.1, 0.15) is 0 Å². The molecule has 22 heavy (non-hydrogen) atoms. The van der Waals surface area contributed by atoms with Crippen molar-refractivity contribution >= 4 is 11.0 Å². The van der Waals surface area contributed by atoms with E-state index >= 15 is 0 Å². The summed E-state index contributed by atoms with van der Waals surface area (Å²) in [6.07, 6.45) is 0.921. The number of imidazole rings is 1. The van der Waals surface area contributed by atoms with Gasteiger partial charge in [-0.1, -0.05) is 31.2 Å². The molecule has 4 heteroatoms. The molecular formula is C18H17N3O. The van der Waals surface area contributed by atoms with Crippen molar-refractivity contribution in [3.05, 3.63) is 70.1 Å². The van der Waals surface area contributed by atoms with E-state index in [1.165, 1.54) is 0 Å². The van der Waals surface area contributed by atoms with Gasteiger partial charge in [0.25, 0.3) is 0 Å². The minimum absolute atomic E-state index is 0.0207. The molecular weight excluding hydrogens is 274 g/mol. The van der Waals surface area contributed by atoms with Crippen LogP contribution in [0.4, 0.5) is 0 Å². The van der Waals surface area contributed by atoms with E-state index < -0.39 is 0 Å². The Morgan fingerprint density at radius 2 is 1.64 bits per heavy atom. The maximum atomic E-state index is 12.7. The summed E-state index contributed by atoms with van der Waals surface area (Å²) < 4.78 is 3.63. The third kappa shape index (κ3) is 2.42. The molecule has 1 heterocycles. The molecule has 0 N–H and O–H groups in total. The second kappa shape index (κ2) is 5.90. The van der Waals surface area contributed by atoms with E-state index in [-0.39, 0.29) is 5.69 Å². The highest BCUT2D eigenvalue weighted by molar-refractivity contribution is 5.76. The number of para-hydroxylation sites is 2. The fourth-order valence-corrected chi connectivity index (χ4v) is 2.73. The normalized spacial score (nSPS) is 10.7. The van der Waals surface area contributed by atoms with E-state index in [0.29, 0.717) is 12.1 Å². The first-order valence-corrected chi connectivity index (χ1v) is 7.41. The average Bonchev–Trinajstić information content (AvgIpc) is 2.82. The van der Waals surface area contributed by atoms with Crippen LogP contribution in [0, 0.1) is 11.3 Å². The summed E-state index contributed by atoms with van der Waals surface area (Å²) in [4.78, 5) is 12.7. The smallest absolute Gasteiger partial charge is 0.292 e. The molecule has 3 aromatic rings. The SMILES string of the molecule is CCCn1c(=O)n(Cc2ccc(C#N)cc2)c2ccccc21. The fraction of sp³-hybridized carbons (Fsp3) is 0.222. The van der Waals surface area contributed by atoms with Crippen molar-refractivity contribution in [2.24, 2.45) is 0 Å². The van der Waals surface area contributed by atoms with Crippen LogP contribution in [0.5, 0.6) is 0 Å². The third-order valence-electron chi connectivity index (χ3n) is 3.80. The predicted octanol–water partition coefficient (Wildman–Crippen LogP) is 3.13. The molecule has 1 aromatic heterocycles. The van der Waals surface area contributed by atoms with E-state index in [4.69, 9.17) is 5.26 Å². The molecule has 110 valence electrons. The van der Waals surface area contributed by atoms with Crippen LogP contribution < -0.4 is 5.69 Å². The Bertz CT molecular complexity index is 895. The Morgan fingerprint density at radius 3 is 2.23 bits per heavy atom. The van der Waals surface area contributed by atoms with Crippen LogP contribution in [0.1, 0.15) is 24.5 Å². The zero-order chi connectivity index (χ0) is 15.5. The first-order chi connectivity index (χ1) is 10.7. The Kier molecular flexibility index (Phi) is 3.80. The Morgan fingerprint density at radius 1 is 1.00 bits per heavy atom. The maximum absolute atomic E-state index is 12.7. The van der Waals surface area contributed by atoms with Crippen LogP contribution in [-0.2, 0) is 13.1 Å². The van der Waals surface area contributed by atoms with Gasteiger partial charge in [0.2, 0.25) is 0 Å². The molecule has 0 saturated heterocycles. The summed E-state index contributed by atoms with van der Waals surface area (Å²) in [6.45, 7) is 3.31. The Labute approximate surface area is 128 Å². The van der Waals surface area contributed by atoms with E-state index in [2.05, 4.69) is 13.0 Å². The van der Waals surface area contributed by atoms with Crippen LogP contribution in [0.25, 0.3) is 11.0 Å². The molecule has 0 saturated carbocycles. The van der Waals surface area contributed by atoms with Gasteiger partial charge < -0.3 is 0 Å². The lowest BCUT2D eigenvalue weighted by atomic mass is 10.1. The van der Waals surface area contributed by atoms with Gasteiger partial charge in [0.05, 0.1) is 29.2 Å². The van der Waals surface area contributed by atoms with Gasteiger partial charge in [-0.2, -0.15) is 5.26 Å². The van der Waals surface area contributed by atoms with E-state index in [1.807, 2.05) is 41.0 Å². The number of rotatable bonds is 4. The molecule has 0 unspecified atom stereocenters. The summed E-state index contributed by atoms with van der Waals surface area (Å²) >= 11 is 0. The molecule has 2 aromatic carbocycles. The van der Waals surface area contributed by atoms with Gasteiger partial charge in [-0.05, 0) is 36.2 Å². The monoisotopic (exact) mass is 291 g/mol. The van der Waals surface area contributed by atoms with Crippen molar-refractivity contribution in [1.82, 2.24) is 9.13 Å². The largest absolute Gasteiger partial charge is 0.329 e. The zero-order valence-corrected chi connectivity index (χ0v) is 12.5. The molecule has 0 fully saturated rings. The van der Waals surface area contributed by atoms with Crippen LogP contribution >= 0.6 is 0 Å². The summed E-state index contributed by atoms with van der Waals surface area (Å²) in [6, 6.07) is 17.3. The quantitative estimate of drug-likeness (QED) is 0.741. The van der Waals surface area contributed by atoms with Crippen molar-refractivity contribution in [1.29, 1.82) is 5.26 Å². The summed E-state index contributed by atoms with van der Waals surface area (Å²) in [7, 11) is 0. The molecule has 0 bridgehead atoms. The third-order valence-corrected chi connectivity index (χ3v) is 3.80. The topological polar surface area (TPSA) is 50.7 Å². The van der Waals surface area contributed by atoms with Crippen LogP contribution in [0.2, 0.25) is 0 Å². The van der Waals surface area contributed by atoms with Crippen molar-refractivity contribution < 1.29 is 0 Å². The lowest BCUT2D eigenvalue weighted by Gasteiger charge is -2.03. The van der Waals surface area contributed by atoms with Crippen molar-refractivity contribution in [2.75, 3.05) is 0 Å². The lowest BCUT2D eigenvalue weighted by Crippen LogP contribution is -2.24. The molecule has 0 aliphatic rings. The summed E-state index contributed by atoms with van der Waals surface area (Å²) in [5, 5.41) is 8.86. The van der Waals surface area contributed by atoms with E-state index in [0.717, 1.165) is 29.6 Å². The lowest BCUT2D eigenvalue weighted by molar-refractivity contribution is 0.638. The molecule has 0 amide bonds. The molecule has 3 rings (SSSR count). The van der Waals surface area contributed by atoms with Crippen molar-refractivity contribution in [2.45, 2.75) is 26.4 Å². The number of aromatic nitrogens is 2. The second-order valence-electron chi connectivity index (χ2n) is 5.32. The van der Waals surface area contributed by atoms with Crippen molar-refractivity contribution in [3.63, 3.8) is 0 Å².